The van der Waals surface area contributed by atoms with Gasteiger partial charge in [-0.15, -0.1) is 0 Å². The summed E-state index contributed by atoms with van der Waals surface area (Å²) < 4.78 is 15.3. The van der Waals surface area contributed by atoms with E-state index in [0.29, 0.717) is 23.3 Å². The molecule has 1 atom stereocenters. The van der Waals surface area contributed by atoms with Crippen LogP contribution in [-0.4, -0.2) is 33.1 Å². The lowest BCUT2D eigenvalue weighted by molar-refractivity contribution is -0.117. The van der Waals surface area contributed by atoms with Gasteiger partial charge in [-0.1, -0.05) is 24.4 Å². The predicted octanol–water partition coefficient (Wildman–Crippen LogP) is 3.03. The molecule has 0 radical (unpaired) electrons. The fraction of sp³-hybridized carbons (Fsp3) is 0.318. The first-order valence-electron chi connectivity index (χ1n) is 9.49. The minimum Gasteiger partial charge on any atom is -0.348 e. The Morgan fingerprint density at radius 2 is 2.17 bits per heavy atom. The molecule has 29 heavy (non-hydrogen) atoms. The van der Waals surface area contributed by atoms with E-state index in [-0.39, 0.29) is 24.3 Å². The zero-order chi connectivity index (χ0) is 21.1. The second kappa shape index (κ2) is 8.80. The lowest BCUT2D eigenvalue weighted by atomic mass is 9.89. The Morgan fingerprint density at radius 3 is 2.79 bits per heavy atom. The Morgan fingerprint density at radius 1 is 1.41 bits per heavy atom. The number of halogens is 1. The Labute approximate surface area is 175 Å². The molecule has 3 rings (SSSR count). The Bertz CT molecular complexity index is 1000. The highest BCUT2D eigenvalue weighted by atomic mass is 32.1. The fourth-order valence-corrected chi connectivity index (χ4v) is 3.92. The molecule has 3 N–H and O–H groups in total. The highest BCUT2D eigenvalue weighted by Crippen LogP contribution is 2.31. The van der Waals surface area contributed by atoms with Crippen LogP contribution in [0, 0.1) is 12.7 Å². The predicted molar refractivity (Wildman–Crippen MR) is 117 cm³/mol. The van der Waals surface area contributed by atoms with Crippen LogP contribution in [0.15, 0.2) is 47.7 Å². The third-order valence-corrected chi connectivity index (χ3v) is 5.48. The SMILES string of the molecule is CC1=C(c2c(C)cnn2C)CC(=S)C(C(=O)N[C@H](CN)Cc2cccc(F)c2)=C1. The van der Waals surface area contributed by atoms with Gasteiger partial charge in [0.1, 0.15) is 5.82 Å². The maximum atomic E-state index is 13.4. The number of aryl methyl sites for hydroxylation is 2. The van der Waals surface area contributed by atoms with Crippen LogP contribution < -0.4 is 11.1 Å². The van der Waals surface area contributed by atoms with Gasteiger partial charge < -0.3 is 11.1 Å². The molecule has 0 spiro atoms. The number of amides is 1. The zero-order valence-corrected chi connectivity index (χ0v) is 17.6. The number of rotatable bonds is 6. The van der Waals surface area contributed by atoms with Gasteiger partial charge in [0.15, 0.2) is 0 Å². The van der Waals surface area contributed by atoms with E-state index in [4.69, 9.17) is 18.0 Å². The molecule has 0 aliphatic heterocycles. The third kappa shape index (κ3) is 4.68. The first-order chi connectivity index (χ1) is 13.8. The standard InChI is InChI=1S/C22H25FN4OS/c1-13-7-19(20(29)10-18(13)21-14(2)12-25-27(21)3)22(28)26-17(11-24)9-15-5-4-6-16(23)8-15/h4-8,12,17H,9-11,24H2,1-3H3,(H,26,28)/t17-/m0/s1. The molecule has 7 heteroatoms. The Balaban J connectivity index is 1.79. The first kappa shape index (κ1) is 21.1. The van der Waals surface area contributed by atoms with Gasteiger partial charge in [-0.3, -0.25) is 9.48 Å². The fourth-order valence-electron chi connectivity index (χ4n) is 3.63. The van der Waals surface area contributed by atoms with Crippen molar-refractivity contribution in [3.05, 3.63) is 70.3 Å². The van der Waals surface area contributed by atoms with Gasteiger partial charge in [0.25, 0.3) is 5.91 Å². The van der Waals surface area contributed by atoms with Gasteiger partial charge in [0.05, 0.1) is 17.5 Å². The summed E-state index contributed by atoms with van der Waals surface area (Å²) >= 11 is 5.56. The van der Waals surface area contributed by atoms with E-state index in [1.165, 1.54) is 12.1 Å². The molecular weight excluding hydrogens is 387 g/mol. The van der Waals surface area contributed by atoms with Crippen molar-refractivity contribution in [2.75, 3.05) is 6.54 Å². The van der Waals surface area contributed by atoms with Crippen LogP contribution in [0.5, 0.6) is 0 Å². The summed E-state index contributed by atoms with van der Waals surface area (Å²) in [7, 11) is 1.90. The maximum absolute atomic E-state index is 13.4. The largest absolute Gasteiger partial charge is 0.348 e. The van der Waals surface area contributed by atoms with Crippen LogP contribution in [-0.2, 0) is 18.3 Å². The first-order valence-corrected chi connectivity index (χ1v) is 9.90. The maximum Gasteiger partial charge on any atom is 0.252 e. The van der Waals surface area contributed by atoms with Gasteiger partial charge in [-0.2, -0.15) is 5.10 Å². The number of thiocarbonyl (C=S) groups is 1. The van der Waals surface area contributed by atoms with E-state index in [9.17, 15) is 9.18 Å². The van der Waals surface area contributed by atoms with Crippen LogP contribution >= 0.6 is 12.2 Å². The topological polar surface area (TPSA) is 72.9 Å². The Hall–Kier alpha value is -2.64. The molecule has 0 saturated heterocycles. The quantitative estimate of drug-likeness (QED) is 0.716. The van der Waals surface area contributed by atoms with Crippen molar-refractivity contribution in [3.8, 4) is 0 Å². The average molecular weight is 413 g/mol. The number of nitrogens with one attached hydrogen (secondary N) is 1. The minimum absolute atomic E-state index is 0.247. The summed E-state index contributed by atoms with van der Waals surface area (Å²) in [6, 6.07) is 6.00. The molecule has 1 aromatic carbocycles. The van der Waals surface area contributed by atoms with Gasteiger partial charge in [0.2, 0.25) is 0 Å². The summed E-state index contributed by atoms with van der Waals surface area (Å²) in [6.07, 6.45) is 4.62. The normalized spacial score (nSPS) is 15.3. The number of hydrogen-bond acceptors (Lipinski definition) is 4. The summed E-state index contributed by atoms with van der Waals surface area (Å²) in [5.41, 5.74) is 11.3. The van der Waals surface area contributed by atoms with Crippen LogP contribution in [0.25, 0.3) is 5.57 Å². The molecule has 1 aliphatic rings. The number of carbonyl (C=O) groups excluding carboxylic acids is 1. The molecule has 1 amide bonds. The zero-order valence-electron chi connectivity index (χ0n) is 16.8. The van der Waals surface area contributed by atoms with Crippen molar-refractivity contribution in [2.45, 2.75) is 32.7 Å². The van der Waals surface area contributed by atoms with Crippen molar-refractivity contribution >= 4 is 28.6 Å². The molecule has 1 heterocycles. The summed E-state index contributed by atoms with van der Waals surface area (Å²) in [6.45, 7) is 4.23. The number of nitrogens with two attached hydrogens (primary N) is 1. The van der Waals surface area contributed by atoms with Crippen LogP contribution in [0.2, 0.25) is 0 Å². The van der Waals surface area contributed by atoms with E-state index in [2.05, 4.69) is 10.4 Å². The number of carbonyl (C=O) groups is 1. The van der Waals surface area contributed by atoms with Crippen molar-refractivity contribution in [2.24, 2.45) is 12.8 Å². The number of hydrogen-bond donors (Lipinski definition) is 2. The van der Waals surface area contributed by atoms with Crippen molar-refractivity contribution in [1.82, 2.24) is 15.1 Å². The lowest BCUT2D eigenvalue weighted by Gasteiger charge is -2.22. The molecule has 5 nitrogen and oxygen atoms in total. The molecular formula is C22H25FN4OS. The molecule has 0 saturated carbocycles. The molecule has 1 aromatic heterocycles. The molecule has 152 valence electrons. The lowest BCUT2D eigenvalue weighted by Crippen LogP contribution is -2.43. The second-order valence-electron chi connectivity index (χ2n) is 7.36. The Kier molecular flexibility index (Phi) is 6.39. The van der Waals surface area contributed by atoms with E-state index < -0.39 is 0 Å². The van der Waals surface area contributed by atoms with Crippen LogP contribution in [0.1, 0.15) is 30.2 Å². The van der Waals surface area contributed by atoms with Crippen LogP contribution in [0.4, 0.5) is 4.39 Å². The van der Waals surface area contributed by atoms with Crippen molar-refractivity contribution in [3.63, 3.8) is 0 Å². The third-order valence-electron chi connectivity index (χ3n) is 5.12. The van der Waals surface area contributed by atoms with Gasteiger partial charge in [-0.25, -0.2) is 4.39 Å². The molecule has 0 bridgehead atoms. The number of nitrogens with zero attached hydrogens (tertiary/aromatic N) is 2. The highest BCUT2D eigenvalue weighted by Gasteiger charge is 2.25. The van der Waals surface area contributed by atoms with E-state index in [1.807, 2.05) is 43.9 Å². The summed E-state index contributed by atoms with van der Waals surface area (Å²) in [4.78, 5) is 13.5. The van der Waals surface area contributed by atoms with Crippen molar-refractivity contribution in [1.29, 1.82) is 0 Å². The average Bonchev–Trinajstić information content (AvgIpc) is 3.01. The number of aromatic nitrogens is 2. The van der Waals surface area contributed by atoms with Gasteiger partial charge in [-0.05, 0) is 60.8 Å². The molecule has 2 aromatic rings. The number of benzene rings is 1. The van der Waals surface area contributed by atoms with Gasteiger partial charge >= 0.3 is 0 Å². The highest BCUT2D eigenvalue weighted by molar-refractivity contribution is 7.81. The number of allylic oxidation sites excluding steroid dienone is 3. The second-order valence-corrected chi connectivity index (χ2v) is 7.85. The minimum atomic E-state index is -0.307. The van der Waals surface area contributed by atoms with Gasteiger partial charge in [0, 0.05) is 30.9 Å². The summed E-state index contributed by atoms with van der Waals surface area (Å²) in [5.74, 6) is -0.554. The smallest absolute Gasteiger partial charge is 0.252 e. The molecule has 0 unspecified atom stereocenters. The molecule has 0 fully saturated rings. The van der Waals surface area contributed by atoms with Crippen molar-refractivity contribution < 1.29 is 9.18 Å². The monoisotopic (exact) mass is 412 g/mol. The van der Waals surface area contributed by atoms with E-state index >= 15 is 0 Å². The summed E-state index contributed by atoms with van der Waals surface area (Å²) in [5, 5.41) is 7.25. The van der Waals surface area contributed by atoms with E-state index in [1.54, 1.807) is 6.07 Å². The molecule has 1 aliphatic carbocycles. The van der Waals surface area contributed by atoms with E-state index in [0.717, 1.165) is 28.0 Å². The van der Waals surface area contributed by atoms with Crippen LogP contribution in [0.3, 0.4) is 0 Å².